The number of hydrogen-bond acceptors (Lipinski definition) is 2. The highest BCUT2D eigenvalue weighted by atomic mass is 16.3. The Kier molecular flexibility index (Phi) is 4.24. The number of carbonyl (C=O) groups excluding carboxylic acids is 1. The first-order valence-electron chi connectivity index (χ1n) is 4.33. The molecule has 0 saturated carbocycles. The maximum atomic E-state index is 11.6. The van der Waals surface area contributed by atoms with Crippen molar-refractivity contribution in [2.75, 3.05) is 19.7 Å². The zero-order valence-corrected chi connectivity index (χ0v) is 8.42. The van der Waals surface area contributed by atoms with E-state index >= 15 is 0 Å². The zero-order chi connectivity index (χ0) is 9.78. The molecule has 0 aromatic heterocycles. The van der Waals surface area contributed by atoms with Gasteiger partial charge in [-0.3, -0.25) is 4.79 Å². The average molecular weight is 173 g/mol. The van der Waals surface area contributed by atoms with Gasteiger partial charge in [-0.1, -0.05) is 20.8 Å². The van der Waals surface area contributed by atoms with E-state index in [0.717, 1.165) is 0 Å². The maximum absolute atomic E-state index is 11.6. The second-order valence-corrected chi connectivity index (χ2v) is 3.86. The Morgan fingerprint density at radius 1 is 1.42 bits per heavy atom. The topological polar surface area (TPSA) is 40.5 Å². The maximum Gasteiger partial charge on any atom is 0.228 e. The van der Waals surface area contributed by atoms with E-state index in [2.05, 4.69) is 0 Å². The molecular formula is C9H19NO2. The Morgan fingerprint density at radius 2 is 1.92 bits per heavy atom. The third-order valence-electron chi connectivity index (χ3n) is 1.68. The van der Waals surface area contributed by atoms with Gasteiger partial charge in [-0.2, -0.15) is 0 Å². The summed E-state index contributed by atoms with van der Waals surface area (Å²) >= 11 is 0. The van der Waals surface area contributed by atoms with Crippen LogP contribution in [0, 0.1) is 5.41 Å². The minimum Gasteiger partial charge on any atom is -0.395 e. The smallest absolute Gasteiger partial charge is 0.228 e. The van der Waals surface area contributed by atoms with Gasteiger partial charge >= 0.3 is 0 Å². The van der Waals surface area contributed by atoms with Crippen molar-refractivity contribution in [1.29, 1.82) is 0 Å². The molecule has 72 valence electrons. The Labute approximate surface area is 74.4 Å². The van der Waals surface area contributed by atoms with Gasteiger partial charge in [0.05, 0.1) is 6.61 Å². The van der Waals surface area contributed by atoms with Crippen LogP contribution in [-0.4, -0.2) is 35.6 Å². The van der Waals surface area contributed by atoms with Gasteiger partial charge in [-0.25, -0.2) is 0 Å². The normalized spacial score (nSPS) is 11.4. The number of amides is 1. The third-order valence-corrected chi connectivity index (χ3v) is 1.68. The number of aliphatic hydroxyl groups excluding tert-OH is 1. The Morgan fingerprint density at radius 3 is 2.17 bits per heavy atom. The quantitative estimate of drug-likeness (QED) is 0.688. The first-order chi connectivity index (χ1) is 5.43. The van der Waals surface area contributed by atoms with Gasteiger partial charge in [0.15, 0.2) is 0 Å². The highest BCUT2D eigenvalue weighted by molar-refractivity contribution is 5.81. The predicted octanol–water partition coefficient (Wildman–Crippen LogP) is 0.873. The standard InChI is InChI=1S/C9H19NO2/c1-5-10(6-7-11)8(12)9(2,3)4/h11H,5-7H2,1-4H3. The first-order valence-corrected chi connectivity index (χ1v) is 4.33. The van der Waals surface area contributed by atoms with Crippen molar-refractivity contribution in [3.05, 3.63) is 0 Å². The molecule has 0 rings (SSSR count). The molecule has 0 aromatic rings. The molecule has 0 saturated heterocycles. The summed E-state index contributed by atoms with van der Waals surface area (Å²) in [6, 6.07) is 0. The second kappa shape index (κ2) is 4.45. The molecule has 1 amide bonds. The minimum atomic E-state index is -0.342. The molecule has 0 aliphatic rings. The molecule has 1 N–H and O–H groups in total. The van der Waals surface area contributed by atoms with Crippen LogP contribution in [0.2, 0.25) is 0 Å². The van der Waals surface area contributed by atoms with Crippen LogP contribution in [0.5, 0.6) is 0 Å². The lowest BCUT2D eigenvalue weighted by Crippen LogP contribution is -2.40. The molecule has 3 heteroatoms. The molecule has 0 unspecified atom stereocenters. The largest absolute Gasteiger partial charge is 0.395 e. The van der Waals surface area contributed by atoms with E-state index in [9.17, 15) is 4.79 Å². The molecule has 12 heavy (non-hydrogen) atoms. The molecule has 0 heterocycles. The van der Waals surface area contributed by atoms with Gasteiger partial charge in [-0.15, -0.1) is 0 Å². The van der Waals surface area contributed by atoms with Crippen molar-refractivity contribution >= 4 is 5.91 Å². The average Bonchev–Trinajstić information content (AvgIpc) is 1.97. The number of hydrogen-bond donors (Lipinski definition) is 1. The monoisotopic (exact) mass is 173 g/mol. The van der Waals surface area contributed by atoms with Crippen LogP contribution >= 0.6 is 0 Å². The van der Waals surface area contributed by atoms with Crippen LogP contribution in [0.4, 0.5) is 0 Å². The van der Waals surface area contributed by atoms with Crippen molar-refractivity contribution < 1.29 is 9.90 Å². The first kappa shape index (κ1) is 11.4. The Bertz CT molecular complexity index is 149. The van der Waals surface area contributed by atoms with Gasteiger partial charge in [0.25, 0.3) is 0 Å². The van der Waals surface area contributed by atoms with E-state index in [1.54, 1.807) is 4.90 Å². The van der Waals surface area contributed by atoms with Crippen LogP contribution in [0.15, 0.2) is 0 Å². The van der Waals surface area contributed by atoms with Gasteiger partial charge < -0.3 is 10.0 Å². The summed E-state index contributed by atoms with van der Waals surface area (Å²) in [5, 5.41) is 8.69. The van der Waals surface area contributed by atoms with Crippen molar-refractivity contribution in [2.24, 2.45) is 5.41 Å². The van der Waals surface area contributed by atoms with Crippen LogP contribution in [0.25, 0.3) is 0 Å². The number of rotatable bonds is 3. The molecule has 3 nitrogen and oxygen atoms in total. The fraction of sp³-hybridized carbons (Fsp3) is 0.889. The fourth-order valence-corrected chi connectivity index (χ4v) is 0.998. The SMILES string of the molecule is CCN(CCO)C(=O)C(C)(C)C. The van der Waals surface area contributed by atoms with E-state index in [4.69, 9.17) is 5.11 Å². The third kappa shape index (κ3) is 3.22. The fourth-order valence-electron chi connectivity index (χ4n) is 0.998. The molecule has 0 aliphatic carbocycles. The van der Waals surface area contributed by atoms with Gasteiger partial charge in [0.1, 0.15) is 0 Å². The summed E-state index contributed by atoms with van der Waals surface area (Å²) in [6.07, 6.45) is 0. The van der Waals surface area contributed by atoms with Crippen LogP contribution < -0.4 is 0 Å². The molecule has 0 aromatic carbocycles. The molecule has 0 spiro atoms. The summed E-state index contributed by atoms with van der Waals surface area (Å²) in [6.45, 7) is 8.71. The number of likely N-dealkylation sites (N-methyl/N-ethyl adjacent to an activating group) is 1. The number of nitrogens with zero attached hydrogens (tertiary/aromatic N) is 1. The molecule has 0 radical (unpaired) electrons. The Hall–Kier alpha value is -0.570. The van der Waals surface area contributed by atoms with Gasteiger partial charge in [0, 0.05) is 18.5 Å². The van der Waals surface area contributed by atoms with Gasteiger partial charge in [-0.05, 0) is 6.92 Å². The van der Waals surface area contributed by atoms with Crippen molar-refractivity contribution in [3.63, 3.8) is 0 Å². The van der Waals surface area contributed by atoms with Crippen molar-refractivity contribution in [2.45, 2.75) is 27.7 Å². The molecule has 0 aliphatic heterocycles. The highest BCUT2D eigenvalue weighted by Gasteiger charge is 2.25. The molecule has 0 bridgehead atoms. The summed E-state index contributed by atoms with van der Waals surface area (Å²) in [7, 11) is 0. The lowest BCUT2D eigenvalue weighted by molar-refractivity contribution is -0.139. The molecule has 0 fully saturated rings. The van der Waals surface area contributed by atoms with Crippen molar-refractivity contribution in [1.82, 2.24) is 4.90 Å². The summed E-state index contributed by atoms with van der Waals surface area (Å²) in [5.74, 6) is 0.0963. The summed E-state index contributed by atoms with van der Waals surface area (Å²) < 4.78 is 0. The second-order valence-electron chi connectivity index (χ2n) is 3.86. The highest BCUT2D eigenvalue weighted by Crippen LogP contribution is 2.16. The van der Waals surface area contributed by atoms with Crippen LogP contribution in [0.3, 0.4) is 0 Å². The number of carbonyl (C=O) groups is 1. The van der Waals surface area contributed by atoms with Crippen LogP contribution in [-0.2, 0) is 4.79 Å². The summed E-state index contributed by atoms with van der Waals surface area (Å²) in [5.41, 5.74) is -0.342. The van der Waals surface area contributed by atoms with E-state index < -0.39 is 0 Å². The summed E-state index contributed by atoms with van der Waals surface area (Å²) in [4.78, 5) is 13.3. The van der Waals surface area contributed by atoms with Crippen LogP contribution in [0.1, 0.15) is 27.7 Å². The predicted molar refractivity (Wildman–Crippen MR) is 48.8 cm³/mol. The van der Waals surface area contributed by atoms with E-state index in [1.165, 1.54) is 0 Å². The van der Waals surface area contributed by atoms with Crippen molar-refractivity contribution in [3.8, 4) is 0 Å². The van der Waals surface area contributed by atoms with E-state index in [-0.39, 0.29) is 17.9 Å². The lowest BCUT2D eigenvalue weighted by Gasteiger charge is -2.27. The Balaban J connectivity index is 4.22. The molecule has 0 atom stereocenters. The van der Waals surface area contributed by atoms with E-state index in [0.29, 0.717) is 13.1 Å². The minimum absolute atomic E-state index is 0.0374. The van der Waals surface area contributed by atoms with Gasteiger partial charge in [0.2, 0.25) is 5.91 Å². The van der Waals surface area contributed by atoms with E-state index in [1.807, 2.05) is 27.7 Å². The number of aliphatic hydroxyl groups is 1. The molecular weight excluding hydrogens is 154 g/mol. The lowest BCUT2D eigenvalue weighted by atomic mass is 9.95. The zero-order valence-electron chi connectivity index (χ0n) is 8.42.